The van der Waals surface area contributed by atoms with Gasteiger partial charge in [-0.2, -0.15) is 0 Å². The number of amides is 1. The SMILES string of the molecule is CCCCCS(=O)(=O)CC(=O)Nc1ccc(CC(=O)O)c(F)c1. The van der Waals surface area contributed by atoms with Crippen LogP contribution in [0.3, 0.4) is 0 Å². The number of carbonyl (C=O) groups is 2. The molecule has 1 aromatic rings. The average Bonchev–Trinajstić information content (AvgIpc) is 2.40. The molecule has 0 aliphatic carbocycles. The van der Waals surface area contributed by atoms with Gasteiger partial charge < -0.3 is 10.4 Å². The number of anilines is 1. The van der Waals surface area contributed by atoms with Crippen LogP contribution >= 0.6 is 0 Å². The molecular formula is C15H20FNO5S. The number of benzene rings is 1. The summed E-state index contributed by atoms with van der Waals surface area (Å²) in [6.45, 7) is 1.95. The molecule has 0 saturated heterocycles. The lowest BCUT2D eigenvalue weighted by Crippen LogP contribution is -2.24. The quantitative estimate of drug-likeness (QED) is 0.667. The molecule has 1 amide bonds. The van der Waals surface area contributed by atoms with Gasteiger partial charge in [0.2, 0.25) is 5.91 Å². The van der Waals surface area contributed by atoms with Gasteiger partial charge in [-0.25, -0.2) is 12.8 Å². The number of carbonyl (C=O) groups excluding carboxylic acids is 1. The summed E-state index contributed by atoms with van der Waals surface area (Å²) < 4.78 is 37.2. The zero-order valence-electron chi connectivity index (χ0n) is 12.8. The van der Waals surface area contributed by atoms with E-state index in [0.29, 0.717) is 6.42 Å². The van der Waals surface area contributed by atoms with E-state index in [1.54, 1.807) is 0 Å². The van der Waals surface area contributed by atoms with E-state index in [1.807, 2.05) is 6.92 Å². The summed E-state index contributed by atoms with van der Waals surface area (Å²) >= 11 is 0. The Balaban J connectivity index is 2.64. The smallest absolute Gasteiger partial charge is 0.307 e. The second-order valence-corrected chi connectivity index (χ2v) is 7.41. The molecule has 23 heavy (non-hydrogen) atoms. The number of hydrogen-bond acceptors (Lipinski definition) is 4. The summed E-state index contributed by atoms with van der Waals surface area (Å²) in [5.41, 5.74) is 0.0769. The largest absolute Gasteiger partial charge is 0.481 e. The van der Waals surface area contributed by atoms with Gasteiger partial charge in [0, 0.05) is 5.69 Å². The maximum atomic E-state index is 13.7. The fourth-order valence-electron chi connectivity index (χ4n) is 1.97. The first kappa shape index (κ1) is 19.1. The van der Waals surface area contributed by atoms with E-state index in [1.165, 1.54) is 12.1 Å². The van der Waals surface area contributed by atoms with Crippen molar-refractivity contribution in [3.63, 3.8) is 0 Å². The number of aliphatic carboxylic acids is 1. The lowest BCUT2D eigenvalue weighted by Gasteiger charge is -2.08. The van der Waals surface area contributed by atoms with Crippen LogP contribution in [0.1, 0.15) is 31.7 Å². The molecule has 0 aromatic heterocycles. The van der Waals surface area contributed by atoms with Crippen LogP contribution in [0, 0.1) is 5.82 Å². The van der Waals surface area contributed by atoms with Gasteiger partial charge in [-0.05, 0) is 24.1 Å². The molecule has 0 spiro atoms. The molecule has 0 unspecified atom stereocenters. The van der Waals surface area contributed by atoms with E-state index < -0.39 is 39.7 Å². The Labute approximate surface area is 134 Å². The minimum Gasteiger partial charge on any atom is -0.481 e. The molecule has 0 atom stereocenters. The summed E-state index contributed by atoms with van der Waals surface area (Å²) in [7, 11) is -3.49. The molecule has 0 aliphatic heterocycles. The Morgan fingerprint density at radius 1 is 1.26 bits per heavy atom. The van der Waals surface area contributed by atoms with Crippen molar-refractivity contribution < 1.29 is 27.5 Å². The van der Waals surface area contributed by atoms with Gasteiger partial charge in [0.25, 0.3) is 0 Å². The van der Waals surface area contributed by atoms with Crippen molar-refractivity contribution in [2.24, 2.45) is 0 Å². The third-order valence-electron chi connectivity index (χ3n) is 3.09. The highest BCUT2D eigenvalue weighted by Crippen LogP contribution is 2.15. The average molecular weight is 345 g/mol. The molecule has 0 heterocycles. The first-order chi connectivity index (χ1) is 10.7. The Bertz CT molecular complexity index is 672. The van der Waals surface area contributed by atoms with Crippen molar-refractivity contribution >= 4 is 27.4 Å². The van der Waals surface area contributed by atoms with E-state index in [-0.39, 0.29) is 17.0 Å². The van der Waals surface area contributed by atoms with Gasteiger partial charge in [0.15, 0.2) is 9.84 Å². The lowest BCUT2D eigenvalue weighted by atomic mass is 10.1. The van der Waals surface area contributed by atoms with Crippen LogP contribution < -0.4 is 5.32 Å². The minimum absolute atomic E-state index is 0.0114. The van der Waals surface area contributed by atoms with E-state index in [2.05, 4.69) is 5.32 Å². The zero-order chi connectivity index (χ0) is 17.5. The Morgan fingerprint density at radius 2 is 1.96 bits per heavy atom. The van der Waals surface area contributed by atoms with Crippen molar-refractivity contribution in [2.75, 3.05) is 16.8 Å². The number of hydrogen-bond donors (Lipinski definition) is 2. The van der Waals surface area contributed by atoms with Gasteiger partial charge in [-0.15, -0.1) is 0 Å². The number of carboxylic acid groups (broad SMARTS) is 1. The van der Waals surface area contributed by atoms with E-state index in [4.69, 9.17) is 5.11 Å². The zero-order valence-corrected chi connectivity index (χ0v) is 13.7. The Morgan fingerprint density at radius 3 is 2.52 bits per heavy atom. The molecule has 0 radical (unpaired) electrons. The first-order valence-corrected chi connectivity index (χ1v) is 9.06. The van der Waals surface area contributed by atoms with Gasteiger partial charge in [-0.3, -0.25) is 9.59 Å². The van der Waals surface area contributed by atoms with Crippen molar-refractivity contribution in [3.8, 4) is 0 Å². The Kier molecular flexibility index (Phi) is 7.15. The number of sulfone groups is 1. The predicted octanol–water partition coefficient (Wildman–Crippen LogP) is 2.00. The van der Waals surface area contributed by atoms with Crippen molar-refractivity contribution in [1.29, 1.82) is 0 Å². The number of unbranched alkanes of at least 4 members (excludes halogenated alkanes) is 2. The second kappa shape index (κ2) is 8.61. The van der Waals surface area contributed by atoms with Gasteiger partial charge in [0.1, 0.15) is 11.6 Å². The molecule has 2 N–H and O–H groups in total. The highest BCUT2D eigenvalue weighted by molar-refractivity contribution is 7.92. The van der Waals surface area contributed by atoms with Gasteiger partial charge in [0.05, 0.1) is 12.2 Å². The number of carboxylic acids is 1. The summed E-state index contributed by atoms with van der Waals surface area (Å²) in [4.78, 5) is 22.3. The molecule has 1 aromatic carbocycles. The minimum atomic E-state index is -3.49. The molecule has 6 nitrogen and oxygen atoms in total. The van der Waals surface area contributed by atoms with Crippen LogP contribution in [-0.2, 0) is 25.8 Å². The number of halogens is 1. The third kappa shape index (κ3) is 7.23. The lowest BCUT2D eigenvalue weighted by molar-refractivity contribution is -0.136. The van der Waals surface area contributed by atoms with Crippen LogP contribution in [-0.4, -0.2) is 36.9 Å². The molecule has 1 rings (SSSR count). The molecule has 0 fully saturated rings. The molecule has 0 aliphatic rings. The number of nitrogens with one attached hydrogen (secondary N) is 1. The summed E-state index contributed by atoms with van der Waals surface area (Å²) in [6.07, 6.45) is 1.69. The van der Waals surface area contributed by atoms with Crippen LogP contribution in [0.5, 0.6) is 0 Å². The molecule has 8 heteroatoms. The number of rotatable bonds is 9. The van der Waals surface area contributed by atoms with Crippen LogP contribution in [0.25, 0.3) is 0 Å². The summed E-state index contributed by atoms with van der Waals surface area (Å²) in [6, 6.07) is 3.55. The van der Waals surface area contributed by atoms with Crippen molar-refractivity contribution in [1.82, 2.24) is 0 Å². The second-order valence-electron chi connectivity index (χ2n) is 5.22. The topological polar surface area (TPSA) is 101 Å². The monoisotopic (exact) mass is 345 g/mol. The highest BCUT2D eigenvalue weighted by Gasteiger charge is 2.17. The highest BCUT2D eigenvalue weighted by atomic mass is 32.2. The first-order valence-electron chi connectivity index (χ1n) is 7.24. The predicted molar refractivity (Wildman–Crippen MR) is 84.5 cm³/mol. The van der Waals surface area contributed by atoms with E-state index >= 15 is 0 Å². The van der Waals surface area contributed by atoms with Crippen LogP contribution in [0.4, 0.5) is 10.1 Å². The fourth-order valence-corrected chi connectivity index (χ4v) is 3.23. The summed E-state index contributed by atoms with van der Waals surface area (Å²) in [5, 5.41) is 10.9. The molecule has 128 valence electrons. The van der Waals surface area contributed by atoms with Gasteiger partial charge in [-0.1, -0.05) is 25.8 Å². The maximum absolute atomic E-state index is 13.7. The van der Waals surface area contributed by atoms with Gasteiger partial charge >= 0.3 is 5.97 Å². The van der Waals surface area contributed by atoms with Crippen molar-refractivity contribution in [2.45, 2.75) is 32.6 Å². The molecule has 0 bridgehead atoms. The van der Waals surface area contributed by atoms with E-state index in [9.17, 15) is 22.4 Å². The van der Waals surface area contributed by atoms with Crippen molar-refractivity contribution in [3.05, 3.63) is 29.6 Å². The third-order valence-corrected chi connectivity index (χ3v) is 4.70. The molecule has 0 saturated carbocycles. The maximum Gasteiger partial charge on any atom is 0.307 e. The summed E-state index contributed by atoms with van der Waals surface area (Å²) in [5.74, 6) is -3.39. The van der Waals surface area contributed by atoms with Crippen LogP contribution in [0.15, 0.2) is 18.2 Å². The normalized spacial score (nSPS) is 11.2. The Hall–Kier alpha value is -1.96. The fraction of sp³-hybridized carbons (Fsp3) is 0.467. The standard InChI is InChI=1S/C15H20FNO5S/c1-2-3-4-7-23(21,22)10-14(18)17-12-6-5-11(8-15(19)20)13(16)9-12/h5-6,9H,2-4,7-8,10H2,1H3,(H,17,18)(H,19,20). The van der Waals surface area contributed by atoms with Crippen LogP contribution in [0.2, 0.25) is 0 Å². The van der Waals surface area contributed by atoms with E-state index in [0.717, 1.165) is 18.9 Å². The molecular weight excluding hydrogens is 325 g/mol.